The average molecular weight is 725 g/mol. The van der Waals surface area contributed by atoms with E-state index < -0.39 is 17.2 Å². The zero-order chi connectivity index (χ0) is 34.6. The molecule has 1 spiro atoms. The molecule has 272 valence electrons. The molecule has 14 nitrogen and oxygen atoms in total. The summed E-state index contributed by atoms with van der Waals surface area (Å²) in [7, 11) is -2.91. The Morgan fingerprint density at radius 3 is 1.27 bits per heavy atom. The lowest BCUT2D eigenvalue weighted by atomic mass is 9.93. The molecular formula is C33H50N4O10P2. The van der Waals surface area contributed by atoms with Gasteiger partial charge in [0.05, 0.1) is 84.6 Å². The Morgan fingerprint density at radius 1 is 0.592 bits per heavy atom. The Kier molecular flexibility index (Phi) is 18.6. The highest BCUT2D eigenvalue weighted by molar-refractivity contribution is 7.42. The van der Waals surface area contributed by atoms with E-state index in [1.54, 1.807) is 12.4 Å². The van der Waals surface area contributed by atoms with Gasteiger partial charge in [-0.2, -0.15) is 0 Å². The zero-order valence-corrected chi connectivity index (χ0v) is 29.7. The van der Waals surface area contributed by atoms with Gasteiger partial charge in [-0.3, -0.25) is 19.8 Å². The van der Waals surface area contributed by atoms with E-state index in [1.807, 2.05) is 58.3 Å². The van der Waals surface area contributed by atoms with Crippen molar-refractivity contribution in [2.45, 2.75) is 13.1 Å². The standard InChI is InChI=1S/C33H50N4O10P2/c38-15-11-36(12-16-39)23-31-5-1-29(2-6-31)21-34-9-19-42-48-44-25-33(26-45-48)27-46-49(47-28-33)43-20-10-35-22-30-3-7-32(8-4-30)24-37(13-17-40)14-18-41/h1-8,21-22,38-41H,9-20,23-28H2. The molecule has 0 atom stereocenters. The van der Waals surface area contributed by atoms with Crippen LogP contribution in [0.15, 0.2) is 58.5 Å². The van der Waals surface area contributed by atoms with E-state index in [9.17, 15) is 20.4 Å². The Hall–Kier alpha value is -1.84. The van der Waals surface area contributed by atoms with Crippen LogP contribution in [-0.2, 0) is 40.2 Å². The van der Waals surface area contributed by atoms with Gasteiger partial charge in [-0.25, -0.2) is 0 Å². The van der Waals surface area contributed by atoms with Crippen molar-refractivity contribution in [2.75, 3.05) is 105 Å². The molecule has 2 fully saturated rings. The maximum atomic E-state index is 9.18. The molecule has 2 aliphatic heterocycles. The minimum absolute atomic E-state index is 0.0599. The molecule has 2 heterocycles. The van der Waals surface area contributed by atoms with E-state index in [0.29, 0.717) is 92.0 Å². The second kappa shape index (κ2) is 22.9. The SMILES string of the molecule is OCCN(CCO)Cc1ccc(C=NCCOP2OCC3(CO2)COP(OCCN=Cc2ccc(CN(CCO)CCO)cc2)OC3)cc1. The lowest BCUT2D eigenvalue weighted by Gasteiger charge is -2.41. The van der Waals surface area contributed by atoms with Gasteiger partial charge in [0, 0.05) is 51.7 Å². The number of nitrogens with zero attached hydrogens (tertiary/aromatic N) is 4. The van der Waals surface area contributed by atoms with Crippen LogP contribution in [-0.4, -0.2) is 148 Å². The fraction of sp³-hybridized carbons (Fsp3) is 0.576. The van der Waals surface area contributed by atoms with Crippen molar-refractivity contribution in [1.82, 2.24) is 9.80 Å². The first-order valence-corrected chi connectivity index (χ1v) is 18.7. The molecule has 0 amide bonds. The monoisotopic (exact) mass is 724 g/mol. The molecule has 16 heteroatoms. The normalized spacial score (nSPS) is 21.6. The third kappa shape index (κ3) is 14.7. The smallest absolute Gasteiger partial charge is 0.332 e. The van der Waals surface area contributed by atoms with Gasteiger partial charge in [0.15, 0.2) is 0 Å². The van der Waals surface area contributed by atoms with Crippen LogP contribution in [0.5, 0.6) is 0 Å². The largest absolute Gasteiger partial charge is 0.395 e. The zero-order valence-electron chi connectivity index (χ0n) is 27.9. The number of aliphatic imine (C=N–C) groups is 2. The van der Waals surface area contributed by atoms with Gasteiger partial charge in [0.1, 0.15) is 0 Å². The van der Waals surface area contributed by atoms with E-state index in [0.717, 1.165) is 22.3 Å². The molecule has 4 rings (SSSR count). The summed E-state index contributed by atoms with van der Waals surface area (Å²) in [5, 5.41) is 36.7. The van der Waals surface area contributed by atoms with Crippen LogP contribution in [0.25, 0.3) is 0 Å². The Balaban J connectivity index is 1.04. The average Bonchev–Trinajstić information content (AvgIpc) is 3.11. The highest BCUT2D eigenvalue weighted by Gasteiger charge is 2.43. The van der Waals surface area contributed by atoms with Crippen molar-refractivity contribution in [3.8, 4) is 0 Å². The maximum absolute atomic E-state index is 9.18. The van der Waals surface area contributed by atoms with Crippen molar-refractivity contribution in [2.24, 2.45) is 15.4 Å². The molecule has 0 aromatic heterocycles. The molecule has 0 saturated carbocycles. The maximum Gasteiger partial charge on any atom is 0.332 e. The molecular weight excluding hydrogens is 674 g/mol. The molecule has 2 aliphatic rings. The van der Waals surface area contributed by atoms with Gasteiger partial charge in [-0.1, -0.05) is 48.5 Å². The quantitative estimate of drug-likeness (QED) is 0.0797. The van der Waals surface area contributed by atoms with E-state index in [4.69, 9.17) is 27.1 Å². The van der Waals surface area contributed by atoms with E-state index in [-0.39, 0.29) is 31.8 Å². The third-order valence-electron chi connectivity index (χ3n) is 7.66. The third-order valence-corrected chi connectivity index (χ3v) is 9.80. The van der Waals surface area contributed by atoms with Crippen LogP contribution in [0.1, 0.15) is 22.3 Å². The Bertz CT molecular complexity index is 1120. The summed E-state index contributed by atoms with van der Waals surface area (Å²) < 4.78 is 34.9. The molecule has 2 aromatic rings. The first kappa shape index (κ1) is 39.9. The summed E-state index contributed by atoms with van der Waals surface area (Å²) >= 11 is 0. The number of rotatable bonds is 22. The molecule has 2 aromatic carbocycles. The molecule has 0 radical (unpaired) electrons. The van der Waals surface area contributed by atoms with Crippen LogP contribution in [0.3, 0.4) is 0 Å². The summed E-state index contributed by atoms with van der Waals surface area (Å²) in [4.78, 5) is 12.9. The lowest BCUT2D eigenvalue weighted by Crippen LogP contribution is -2.44. The topological polar surface area (TPSA) is 168 Å². The first-order chi connectivity index (χ1) is 24.0. The highest BCUT2D eigenvalue weighted by Crippen LogP contribution is 2.52. The summed E-state index contributed by atoms with van der Waals surface area (Å²) in [6.45, 7) is 7.01. The van der Waals surface area contributed by atoms with Crippen molar-refractivity contribution >= 4 is 29.6 Å². The van der Waals surface area contributed by atoms with Crippen molar-refractivity contribution in [3.63, 3.8) is 0 Å². The van der Waals surface area contributed by atoms with Crippen LogP contribution in [0.4, 0.5) is 0 Å². The second-order valence-corrected chi connectivity index (χ2v) is 14.2. The molecule has 0 aliphatic carbocycles. The minimum Gasteiger partial charge on any atom is -0.395 e. The van der Waals surface area contributed by atoms with Crippen LogP contribution in [0.2, 0.25) is 0 Å². The molecule has 4 N–H and O–H groups in total. The number of hydrogen-bond donors (Lipinski definition) is 4. The number of benzene rings is 2. The van der Waals surface area contributed by atoms with Crippen LogP contribution >= 0.6 is 17.2 Å². The summed E-state index contributed by atoms with van der Waals surface area (Å²) in [6, 6.07) is 16.1. The van der Waals surface area contributed by atoms with E-state index >= 15 is 0 Å². The van der Waals surface area contributed by atoms with Gasteiger partial charge in [-0.15, -0.1) is 0 Å². The number of aliphatic hydroxyl groups excluding tert-OH is 4. The Labute approximate surface area is 291 Å². The lowest BCUT2D eigenvalue weighted by molar-refractivity contribution is -0.0756. The molecule has 0 unspecified atom stereocenters. The van der Waals surface area contributed by atoms with Gasteiger partial charge < -0.3 is 47.6 Å². The van der Waals surface area contributed by atoms with E-state index in [2.05, 4.69) is 9.98 Å². The number of aliphatic hydroxyl groups is 4. The van der Waals surface area contributed by atoms with Crippen molar-refractivity contribution in [1.29, 1.82) is 0 Å². The fourth-order valence-corrected chi connectivity index (χ4v) is 7.37. The van der Waals surface area contributed by atoms with Gasteiger partial charge >= 0.3 is 17.2 Å². The predicted octanol–water partition coefficient (Wildman–Crippen LogP) is 2.36. The van der Waals surface area contributed by atoms with Crippen molar-refractivity contribution in [3.05, 3.63) is 70.8 Å². The molecule has 49 heavy (non-hydrogen) atoms. The minimum atomic E-state index is -1.45. The molecule has 2 saturated heterocycles. The summed E-state index contributed by atoms with van der Waals surface area (Å²) in [6.07, 6.45) is 3.61. The highest BCUT2D eigenvalue weighted by atomic mass is 31.2. The van der Waals surface area contributed by atoms with E-state index in [1.165, 1.54) is 0 Å². The number of hydrogen-bond acceptors (Lipinski definition) is 14. The summed E-state index contributed by atoms with van der Waals surface area (Å²) in [5.74, 6) is 0. The molecule has 0 bridgehead atoms. The van der Waals surface area contributed by atoms with Gasteiger partial charge in [0.2, 0.25) is 0 Å². The first-order valence-electron chi connectivity index (χ1n) is 16.5. The summed E-state index contributed by atoms with van der Waals surface area (Å²) in [5.41, 5.74) is 3.78. The predicted molar refractivity (Wildman–Crippen MR) is 189 cm³/mol. The van der Waals surface area contributed by atoms with Crippen LogP contribution in [0, 0.1) is 5.41 Å². The van der Waals surface area contributed by atoms with Gasteiger partial charge in [0.25, 0.3) is 0 Å². The van der Waals surface area contributed by atoms with Gasteiger partial charge in [-0.05, 0) is 22.3 Å². The second-order valence-electron chi connectivity index (χ2n) is 11.7. The van der Waals surface area contributed by atoms with Crippen molar-refractivity contribution < 1.29 is 47.6 Å². The van der Waals surface area contributed by atoms with Crippen LogP contribution < -0.4 is 0 Å². The Morgan fingerprint density at radius 2 is 0.939 bits per heavy atom. The fourth-order valence-electron chi connectivity index (χ4n) is 4.95.